The number of rotatable bonds is 3. The van der Waals surface area contributed by atoms with E-state index in [1.165, 1.54) is 51.0 Å². The molecule has 0 aromatic heterocycles. The molecule has 3 rings (SSSR count). The quantitative estimate of drug-likeness (QED) is 0.856. The standard InChI is InChI=1S/C15H22N2/c1-2-5-13(6-3-1)14-8-10-17(11-14)12-15-7-4-9-16-15/h1-3,5-6,14-16H,4,7-12H2. The summed E-state index contributed by atoms with van der Waals surface area (Å²) < 4.78 is 0. The molecule has 1 aromatic rings. The zero-order chi connectivity index (χ0) is 11.5. The Hall–Kier alpha value is -0.860. The second-order valence-corrected chi connectivity index (χ2v) is 5.45. The molecule has 0 saturated carbocycles. The second kappa shape index (κ2) is 5.19. The van der Waals surface area contributed by atoms with Gasteiger partial charge in [-0.3, -0.25) is 0 Å². The molecule has 2 heteroatoms. The number of nitrogens with zero attached hydrogens (tertiary/aromatic N) is 1. The fourth-order valence-corrected chi connectivity index (χ4v) is 3.22. The average molecular weight is 230 g/mol. The first-order valence-corrected chi connectivity index (χ1v) is 6.92. The van der Waals surface area contributed by atoms with Crippen LogP contribution in [-0.2, 0) is 0 Å². The Morgan fingerprint density at radius 2 is 2.06 bits per heavy atom. The molecule has 0 amide bonds. The van der Waals surface area contributed by atoms with E-state index in [1.807, 2.05) is 0 Å². The van der Waals surface area contributed by atoms with E-state index in [0.717, 1.165) is 12.0 Å². The van der Waals surface area contributed by atoms with Crippen LogP contribution >= 0.6 is 0 Å². The van der Waals surface area contributed by atoms with E-state index in [4.69, 9.17) is 0 Å². The first kappa shape index (κ1) is 11.2. The van der Waals surface area contributed by atoms with Crippen molar-refractivity contribution in [3.8, 4) is 0 Å². The fourth-order valence-electron chi connectivity index (χ4n) is 3.22. The molecule has 0 spiro atoms. The highest BCUT2D eigenvalue weighted by Crippen LogP contribution is 2.27. The van der Waals surface area contributed by atoms with Crippen LogP contribution in [0.2, 0.25) is 0 Å². The number of likely N-dealkylation sites (tertiary alicyclic amines) is 1. The first-order chi connectivity index (χ1) is 8.42. The SMILES string of the molecule is c1ccc(C2CCN(CC3CCCN3)C2)cc1. The minimum absolute atomic E-state index is 0.754. The molecule has 1 N–H and O–H groups in total. The maximum absolute atomic E-state index is 3.60. The lowest BCUT2D eigenvalue weighted by atomic mass is 9.99. The molecule has 2 aliphatic heterocycles. The normalized spacial score (nSPS) is 29.9. The van der Waals surface area contributed by atoms with E-state index in [-0.39, 0.29) is 0 Å². The van der Waals surface area contributed by atoms with E-state index < -0.39 is 0 Å². The van der Waals surface area contributed by atoms with Gasteiger partial charge in [0.05, 0.1) is 0 Å². The van der Waals surface area contributed by atoms with Gasteiger partial charge in [-0.15, -0.1) is 0 Å². The highest BCUT2D eigenvalue weighted by Gasteiger charge is 2.26. The van der Waals surface area contributed by atoms with E-state index in [2.05, 4.69) is 40.5 Å². The molecule has 2 nitrogen and oxygen atoms in total. The van der Waals surface area contributed by atoms with Crippen molar-refractivity contribution in [3.05, 3.63) is 35.9 Å². The lowest BCUT2D eigenvalue weighted by molar-refractivity contribution is 0.299. The summed E-state index contributed by atoms with van der Waals surface area (Å²) in [5.74, 6) is 0.762. The Morgan fingerprint density at radius 3 is 2.82 bits per heavy atom. The number of hydrogen-bond donors (Lipinski definition) is 1. The molecular formula is C15H22N2. The maximum Gasteiger partial charge on any atom is 0.0195 e. The third-order valence-electron chi connectivity index (χ3n) is 4.18. The van der Waals surface area contributed by atoms with Crippen LogP contribution in [0, 0.1) is 0 Å². The van der Waals surface area contributed by atoms with E-state index in [9.17, 15) is 0 Å². The Labute approximate surface area is 104 Å². The van der Waals surface area contributed by atoms with Crippen molar-refractivity contribution in [3.63, 3.8) is 0 Å². The summed E-state index contributed by atoms with van der Waals surface area (Å²) in [4.78, 5) is 2.64. The van der Waals surface area contributed by atoms with Crippen molar-refractivity contribution in [1.29, 1.82) is 0 Å². The van der Waals surface area contributed by atoms with Gasteiger partial charge in [0.2, 0.25) is 0 Å². The Bertz CT molecular complexity index is 343. The van der Waals surface area contributed by atoms with Crippen LogP contribution in [0.25, 0.3) is 0 Å². The first-order valence-electron chi connectivity index (χ1n) is 6.92. The molecule has 2 aliphatic rings. The topological polar surface area (TPSA) is 15.3 Å². The molecule has 17 heavy (non-hydrogen) atoms. The number of benzene rings is 1. The van der Waals surface area contributed by atoms with Crippen molar-refractivity contribution in [1.82, 2.24) is 10.2 Å². The molecule has 0 radical (unpaired) electrons. The molecule has 2 fully saturated rings. The van der Waals surface area contributed by atoms with Gasteiger partial charge >= 0.3 is 0 Å². The molecule has 92 valence electrons. The van der Waals surface area contributed by atoms with Gasteiger partial charge < -0.3 is 10.2 Å². The summed E-state index contributed by atoms with van der Waals surface area (Å²) in [5.41, 5.74) is 1.52. The summed E-state index contributed by atoms with van der Waals surface area (Å²) in [6.45, 7) is 5.00. The fraction of sp³-hybridized carbons (Fsp3) is 0.600. The molecule has 2 heterocycles. The Kier molecular flexibility index (Phi) is 3.44. The minimum Gasteiger partial charge on any atom is -0.313 e. The summed E-state index contributed by atoms with van der Waals surface area (Å²) in [6.07, 6.45) is 4.06. The van der Waals surface area contributed by atoms with Crippen LogP contribution in [-0.4, -0.2) is 37.1 Å². The van der Waals surface area contributed by atoms with Crippen molar-refractivity contribution in [2.75, 3.05) is 26.2 Å². The van der Waals surface area contributed by atoms with Crippen LogP contribution in [0.5, 0.6) is 0 Å². The molecule has 2 unspecified atom stereocenters. The van der Waals surface area contributed by atoms with Gasteiger partial charge in [-0.1, -0.05) is 30.3 Å². The largest absolute Gasteiger partial charge is 0.313 e. The van der Waals surface area contributed by atoms with Gasteiger partial charge in [-0.25, -0.2) is 0 Å². The highest BCUT2D eigenvalue weighted by atomic mass is 15.2. The van der Waals surface area contributed by atoms with Crippen LogP contribution in [0.15, 0.2) is 30.3 Å². The van der Waals surface area contributed by atoms with Crippen molar-refractivity contribution in [2.45, 2.75) is 31.2 Å². The van der Waals surface area contributed by atoms with E-state index in [0.29, 0.717) is 0 Å². The lowest BCUT2D eigenvalue weighted by Gasteiger charge is -2.20. The molecular weight excluding hydrogens is 208 g/mol. The zero-order valence-corrected chi connectivity index (χ0v) is 10.4. The summed E-state index contributed by atoms with van der Waals surface area (Å²) >= 11 is 0. The van der Waals surface area contributed by atoms with Crippen molar-refractivity contribution < 1.29 is 0 Å². The zero-order valence-electron chi connectivity index (χ0n) is 10.4. The lowest BCUT2D eigenvalue weighted by Crippen LogP contribution is -2.36. The number of nitrogens with one attached hydrogen (secondary N) is 1. The summed E-state index contributed by atoms with van der Waals surface area (Å²) in [5, 5.41) is 3.60. The predicted octanol–water partition coefficient (Wildman–Crippen LogP) is 2.23. The smallest absolute Gasteiger partial charge is 0.0195 e. The Morgan fingerprint density at radius 1 is 1.18 bits per heavy atom. The van der Waals surface area contributed by atoms with Gasteiger partial charge in [0.25, 0.3) is 0 Å². The van der Waals surface area contributed by atoms with E-state index >= 15 is 0 Å². The molecule has 2 saturated heterocycles. The van der Waals surface area contributed by atoms with Crippen LogP contribution in [0.3, 0.4) is 0 Å². The van der Waals surface area contributed by atoms with Crippen LogP contribution < -0.4 is 5.32 Å². The molecule has 0 aliphatic carbocycles. The number of hydrogen-bond acceptors (Lipinski definition) is 2. The summed E-state index contributed by atoms with van der Waals surface area (Å²) in [6, 6.07) is 11.7. The van der Waals surface area contributed by atoms with Gasteiger partial charge in [0.1, 0.15) is 0 Å². The average Bonchev–Trinajstić information content (AvgIpc) is 3.02. The minimum atomic E-state index is 0.754. The second-order valence-electron chi connectivity index (χ2n) is 5.45. The molecule has 2 atom stereocenters. The van der Waals surface area contributed by atoms with Crippen LogP contribution in [0.4, 0.5) is 0 Å². The van der Waals surface area contributed by atoms with Gasteiger partial charge in [0.15, 0.2) is 0 Å². The monoisotopic (exact) mass is 230 g/mol. The van der Waals surface area contributed by atoms with Crippen molar-refractivity contribution >= 4 is 0 Å². The third kappa shape index (κ3) is 2.70. The van der Waals surface area contributed by atoms with E-state index in [1.54, 1.807) is 0 Å². The van der Waals surface area contributed by atoms with Gasteiger partial charge in [0, 0.05) is 19.1 Å². The molecule has 0 bridgehead atoms. The third-order valence-corrected chi connectivity index (χ3v) is 4.18. The molecule has 1 aromatic carbocycles. The maximum atomic E-state index is 3.60. The van der Waals surface area contributed by atoms with Crippen LogP contribution in [0.1, 0.15) is 30.7 Å². The van der Waals surface area contributed by atoms with Crippen molar-refractivity contribution in [2.24, 2.45) is 0 Å². The van der Waals surface area contributed by atoms with Gasteiger partial charge in [-0.05, 0) is 43.8 Å². The predicted molar refractivity (Wildman–Crippen MR) is 71.3 cm³/mol. The van der Waals surface area contributed by atoms with Gasteiger partial charge in [-0.2, -0.15) is 0 Å². The Balaban J connectivity index is 1.55. The highest BCUT2D eigenvalue weighted by molar-refractivity contribution is 5.21. The summed E-state index contributed by atoms with van der Waals surface area (Å²) in [7, 11) is 0.